The van der Waals surface area contributed by atoms with Gasteiger partial charge in [-0.2, -0.15) is 0 Å². The molecule has 1 amide bonds. The average Bonchev–Trinajstić information content (AvgIpc) is 2.96. The minimum Gasteiger partial charge on any atom is -0.296 e. The number of benzene rings is 1. The van der Waals surface area contributed by atoms with Gasteiger partial charge in [-0.05, 0) is 25.2 Å². The molecule has 124 valence electrons. The lowest BCUT2D eigenvalue weighted by Crippen LogP contribution is -2.20. The summed E-state index contributed by atoms with van der Waals surface area (Å²) < 4.78 is 25.8. The van der Waals surface area contributed by atoms with Crippen molar-refractivity contribution in [2.24, 2.45) is 0 Å². The Hall–Kier alpha value is -1.55. The summed E-state index contributed by atoms with van der Waals surface area (Å²) >= 11 is 7.25. The minimum absolute atomic E-state index is 0.0456. The zero-order valence-corrected chi connectivity index (χ0v) is 15.0. The molecule has 2 N–H and O–H groups in total. The molecule has 10 heteroatoms. The maximum absolute atomic E-state index is 12.3. The Balaban J connectivity index is 2.29. The first-order valence-corrected chi connectivity index (χ1v) is 9.30. The third-order valence-electron chi connectivity index (χ3n) is 2.92. The molecule has 23 heavy (non-hydrogen) atoms. The molecule has 0 fully saturated rings. The number of amides is 1. The van der Waals surface area contributed by atoms with E-state index in [1.54, 1.807) is 0 Å². The highest BCUT2D eigenvalue weighted by atomic mass is 35.5. The van der Waals surface area contributed by atoms with Crippen LogP contribution in [0, 0.1) is 0 Å². The summed E-state index contributed by atoms with van der Waals surface area (Å²) in [6.07, 6.45) is 0. The molecule has 2 aromatic rings. The first-order valence-electron chi connectivity index (χ1n) is 6.62. The van der Waals surface area contributed by atoms with E-state index in [9.17, 15) is 13.2 Å². The van der Waals surface area contributed by atoms with Gasteiger partial charge in [-0.25, -0.2) is 13.1 Å². The molecule has 0 aliphatic rings. The molecule has 0 unspecified atom stereocenters. The van der Waals surface area contributed by atoms with E-state index < -0.39 is 15.9 Å². The summed E-state index contributed by atoms with van der Waals surface area (Å²) in [4.78, 5) is 12.3. The van der Waals surface area contributed by atoms with E-state index in [0.29, 0.717) is 5.13 Å². The van der Waals surface area contributed by atoms with Gasteiger partial charge in [0.25, 0.3) is 5.91 Å². The van der Waals surface area contributed by atoms with Gasteiger partial charge in [0.15, 0.2) is 0 Å². The van der Waals surface area contributed by atoms with E-state index in [-0.39, 0.29) is 21.4 Å². The predicted molar refractivity (Wildman–Crippen MR) is 89.6 cm³/mol. The molecule has 0 bridgehead atoms. The smallest absolute Gasteiger partial charge is 0.259 e. The Morgan fingerprint density at radius 2 is 2.00 bits per heavy atom. The van der Waals surface area contributed by atoms with Crippen molar-refractivity contribution in [3.63, 3.8) is 0 Å². The number of carbonyl (C=O) groups is 1. The Morgan fingerprint density at radius 1 is 1.30 bits per heavy atom. The van der Waals surface area contributed by atoms with Crippen LogP contribution >= 0.6 is 22.9 Å². The molecule has 0 radical (unpaired) electrons. The lowest BCUT2D eigenvalue weighted by Gasteiger charge is -2.07. The van der Waals surface area contributed by atoms with Crippen LogP contribution in [0.2, 0.25) is 5.02 Å². The van der Waals surface area contributed by atoms with Crippen molar-refractivity contribution in [1.82, 2.24) is 14.9 Å². The molecule has 0 aliphatic carbocycles. The van der Waals surface area contributed by atoms with Gasteiger partial charge in [-0.3, -0.25) is 10.1 Å². The zero-order valence-electron chi connectivity index (χ0n) is 12.6. The monoisotopic (exact) mass is 374 g/mol. The fourth-order valence-electron chi connectivity index (χ4n) is 1.65. The van der Waals surface area contributed by atoms with Gasteiger partial charge in [0, 0.05) is 5.92 Å². The molecule has 0 atom stereocenters. The number of halogens is 1. The molecule has 1 aromatic heterocycles. The standard InChI is InChI=1S/C13H15ClN4O3S2/c1-7(2)12-17-18-13(22-12)16-11(19)9-6-8(4-5-10(9)14)23(20,21)15-3/h4-7,15H,1-3H3,(H,16,18,19). The topological polar surface area (TPSA) is 101 Å². The maximum Gasteiger partial charge on any atom is 0.259 e. The van der Waals surface area contributed by atoms with Gasteiger partial charge in [-0.15, -0.1) is 10.2 Å². The van der Waals surface area contributed by atoms with E-state index in [2.05, 4.69) is 20.2 Å². The molecular formula is C13H15ClN4O3S2. The normalized spacial score (nSPS) is 11.7. The molecular weight excluding hydrogens is 360 g/mol. The number of aromatic nitrogens is 2. The van der Waals surface area contributed by atoms with E-state index in [1.165, 1.54) is 36.6 Å². The van der Waals surface area contributed by atoms with Crippen LogP contribution in [-0.4, -0.2) is 31.6 Å². The van der Waals surface area contributed by atoms with Crippen molar-refractivity contribution in [1.29, 1.82) is 0 Å². The minimum atomic E-state index is -3.66. The zero-order chi connectivity index (χ0) is 17.2. The Morgan fingerprint density at radius 3 is 2.57 bits per heavy atom. The van der Waals surface area contributed by atoms with Crippen LogP contribution in [0.25, 0.3) is 0 Å². The maximum atomic E-state index is 12.3. The van der Waals surface area contributed by atoms with Gasteiger partial charge in [0.05, 0.1) is 15.5 Å². The van der Waals surface area contributed by atoms with Gasteiger partial charge < -0.3 is 0 Å². The number of carbonyl (C=O) groups excluding carboxylic acids is 1. The molecule has 2 rings (SSSR count). The van der Waals surface area contributed by atoms with Crippen molar-refractivity contribution >= 4 is 44.0 Å². The molecule has 1 aromatic carbocycles. The molecule has 7 nitrogen and oxygen atoms in total. The number of rotatable bonds is 5. The fraction of sp³-hybridized carbons (Fsp3) is 0.308. The largest absolute Gasteiger partial charge is 0.296 e. The van der Waals surface area contributed by atoms with Gasteiger partial charge in [-0.1, -0.05) is 36.8 Å². The van der Waals surface area contributed by atoms with Crippen LogP contribution in [-0.2, 0) is 10.0 Å². The number of nitrogens with zero attached hydrogens (tertiary/aromatic N) is 2. The predicted octanol–water partition coefficient (Wildman–Crippen LogP) is 2.48. The van der Waals surface area contributed by atoms with Gasteiger partial charge >= 0.3 is 0 Å². The fourth-order valence-corrected chi connectivity index (χ4v) is 3.35. The molecule has 0 spiro atoms. The first-order chi connectivity index (χ1) is 10.7. The summed E-state index contributed by atoms with van der Waals surface area (Å²) in [5.74, 6) is -0.347. The van der Waals surface area contributed by atoms with Crippen LogP contribution in [0.15, 0.2) is 23.1 Å². The van der Waals surface area contributed by atoms with E-state index in [0.717, 1.165) is 5.01 Å². The SMILES string of the molecule is CNS(=O)(=O)c1ccc(Cl)c(C(=O)Nc2nnc(C(C)C)s2)c1. The highest BCUT2D eigenvalue weighted by Gasteiger charge is 2.19. The highest BCUT2D eigenvalue weighted by molar-refractivity contribution is 7.89. The summed E-state index contributed by atoms with van der Waals surface area (Å²) in [5.41, 5.74) is 0.0456. The van der Waals surface area contributed by atoms with Crippen molar-refractivity contribution in [2.45, 2.75) is 24.7 Å². The first kappa shape index (κ1) is 17.8. The number of sulfonamides is 1. The Kier molecular flexibility index (Phi) is 5.35. The summed E-state index contributed by atoms with van der Waals surface area (Å²) in [6, 6.07) is 3.90. The lowest BCUT2D eigenvalue weighted by molar-refractivity contribution is 0.102. The summed E-state index contributed by atoms with van der Waals surface area (Å²) in [5, 5.41) is 11.7. The van der Waals surface area contributed by atoms with Crippen LogP contribution in [0.5, 0.6) is 0 Å². The summed E-state index contributed by atoms with van der Waals surface area (Å²) in [7, 11) is -2.37. The lowest BCUT2D eigenvalue weighted by atomic mass is 10.2. The van der Waals surface area contributed by atoms with E-state index in [1.807, 2.05) is 13.8 Å². The summed E-state index contributed by atoms with van der Waals surface area (Å²) in [6.45, 7) is 3.93. The van der Waals surface area contributed by atoms with Crippen LogP contribution in [0.1, 0.15) is 35.1 Å². The average molecular weight is 375 g/mol. The number of anilines is 1. The van der Waals surface area contributed by atoms with Crippen molar-refractivity contribution in [2.75, 3.05) is 12.4 Å². The van der Waals surface area contributed by atoms with Crippen LogP contribution in [0.3, 0.4) is 0 Å². The number of hydrogen-bond donors (Lipinski definition) is 2. The van der Waals surface area contributed by atoms with Crippen LogP contribution < -0.4 is 10.0 Å². The second-order valence-corrected chi connectivity index (χ2v) is 8.21. The molecule has 0 saturated carbocycles. The highest BCUT2D eigenvalue weighted by Crippen LogP contribution is 2.25. The molecule has 0 aliphatic heterocycles. The quantitative estimate of drug-likeness (QED) is 0.837. The molecule has 1 heterocycles. The van der Waals surface area contributed by atoms with Gasteiger partial charge in [0.2, 0.25) is 15.2 Å². The van der Waals surface area contributed by atoms with Crippen molar-refractivity contribution < 1.29 is 13.2 Å². The second-order valence-electron chi connectivity index (χ2n) is 4.90. The van der Waals surface area contributed by atoms with Crippen molar-refractivity contribution in [3.8, 4) is 0 Å². The Labute approximate surface area is 143 Å². The second kappa shape index (κ2) is 6.91. The van der Waals surface area contributed by atoms with E-state index in [4.69, 9.17) is 11.6 Å². The van der Waals surface area contributed by atoms with Crippen molar-refractivity contribution in [3.05, 3.63) is 33.8 Å². The third-order valence-corrected chi connectivity index (χ3v) is 5.80. The number of hydrogen-bond acceptors (Lipinski definition) is 6. The Bertz CT molecular complexity index is 833. The number of nitrogens with one attached hydrogen (secondary N) is 2. The third kappa shape index (κ3) is 4.05. The van der Waals surface area contributed by atoms with Crippen LogP contribution in [0.4, 0.5) is 5.13 Å². The van der Waals surface area contributed by atoms with E-state index >= 15 is 0 Å². The van der Waals surface area contributed by atoms with Gasteiger partial charge in [0.1, 0.15) is 5.01 Å². The molecule has 0 saturated heterocycles.